The third-order valence-electron chi connectivity index (χ3n) is 4.37. The van der Waals surface area contributed by atoms with Crippen molar-refractivity contribution < 1.29 is 10.0 Å². The average Bonchev–Trinajstić information content (AvgIpc) is 2.89. The molecule has 112 valence electrons. The Labute approximate surface area is 118 Å². The average molecular weight is 270 g/mol. The van der Waals surface area contributed by atoms with Crippen molar-refractivity contribution in [2.75, 3.05) is 26.2 Å². The molecule has 1 fully saturated rings. The highest BCUT2D eigenvalue weighted by Crippen LogP contribution is 2.20. The fourth-order valence-corrected chi connectivity index (χ4v) is 2.85. The molecular weight excluding hydrogens is 239 g/mol. The minimum Gasteiger partial charge on any atom is -0.427 e. The number of hydrogen-bond donors (Lipinski definition) is 3. The molecule has 1 aliphatic rings. The molecule has 0 spiro atoms. The van der Waals surface area contributed by atoms with E-state index >= 15 is 0 Å². The van der Waals surface area contributed by atoms with Crippen LogP contribution in [0.5, 0.6) is 0 Å². The van der Waals surface area contributed by atoms with Crippen LogP contribution in [0.2, 0.25) is 6.32 Å². The monoisotopic (exact) mass is 270 g/mol. The van der Waals surface area contributed by atoms with Gasteiger partial charge in [0.05, 0.1) is 0 Å². The molecule has 5 heteroatoms. The summed E-state index contributed by atoms with van der Waals surface area (Å²) in [7, 11) is -1.15. The third-order valence-corrected chi connectivity index (χ3v) is 4.37. The van der Waals surface area contributed by atoms with Crippen molar-refractivity contribution in [2.24, 2.45) is 17.6 Å². The predicted octanol–water partition coefficient (Wildman–Crippen LogP) is 1.33. The summed E-state index contributed by atoms with van der Waals surface area (Å²) >= 11 is 0. The SMILES string of the molecule is CC(CCB(O)O)CCC(CN)CCN1CCCC1. The zero-order chi connectivity index (χ0) is 14.1. The lowest BCUT2D eigenvalue weighted by Gasteiger charge is -2.21. The van der Waals surface area contributed by atoms with Crippen LogP contribution in [0, 0.1) is 11.8 Å². The van der Waals surface area contributed by atoms with E-state index in [1.54, 1.807) is 0 Å². The highest BCUT2D eigenvalue weighted by molar-refractivity contribution is 6.40. The summed E-state index contributed by atoms with van der Waals surface area (Å²) in [6.45, 7) is 6.70. The van der Waals surface area contributed by atoms with Crippen LogP contribution < -0.4 is 5.73 Å². The van der Waals surface area contributed by atoms with Gasteiger partial charge in [-0.25, -0.2) is 0 Å². The molecule has 4 nitrogen and oxygen atoms in total. The molecule has 0 aromatic rings. The van der Waals surface area contributed by atoms with Gasteiger partial charge in [-0.2, -0.15) is 0 Å². The summed E-state index contributed by atoms with van der Waals surface area (Å²) in [5.41, 5.74) is 5.87. The Hall–Kier alpha value is -0.0951. The van der Waals surface area contributed by atoms with Crippen LogP contribution in [0.1, 0.15) is 45.4 Å². The summed E-state index contributed by atoms with van der Waals surface area (Å²) in [5, 5.41) is 17.7. The van der Waals surface area contributed by atoms with E-state index in [2.05, 4.69) is 11.8 Å². The maximum Gasteiger partial charge on any atom is 0.451 e. The number of nitrogens with zero attached hydrogens (tertiary/aromatic N) is 1. The van der Waals surface area contributed by atoms with Crippen molar-refractivity contribution in [3.63, 3.8) is 0 Å². The smallest absolute Gasteiger partial charge is 0.427 e. The Bertz CT molecular complexity index is 223. The molecule has 2 unspecified atom stereocenters. The first-order valence-corrected chi connectivity index (χ1v) is 7.90. The quantitative estimate of drug-likeness (QED) is 0.524. The zero-order valence-corrected chi connectivity index (χ0v) is 12.4. The van der Waals surface area contributed by atoms with Gasteiger partial charge in [0.2, 0.25) is 0 Å². The van der Waals surface area contributed by atoms with Gasteiger partial charge in [-0.15, -0.1) is 0 Å². The fourth-order valence-electron chi connectivity index (χ4n) is 2.85. The van der Waals surface area contributed by atoms with E-state index in [0.717, 1.165) is 19.4 Å². The van der Waals surface area contributed by atoms with Crippen molar-refractivity contribution >= 4 is 7.12 Å². The van der Waals surface area contributed by atoms with Crippen molar-refractivity contribution in [1.82, 2.24) is 4.90 Å². The standard InChI is InChI=1S/C14H31BN2O2/c1-13(6-8-15(18)19)4-5-14(12-16)7-11-17-9-2-3-10-17/h13-14,18-19H,2-12,16H2,1H3. The number of rotatable bonds is 10. The lowest BCUT2D eigenvalue weighted by Crippen LogP contribution is -2.25. The lowest BCUT2D eigenvalue weighted by molar-refractivity contribution is 0.288. The minimum atomic E-state index is -1.15. The fraction of sp³-hybridized carbons (Fsp3) is 1.00. The Balaban J connectivity index is 2.09. The molecule has 0 radical (unpaired) electrons. The zero-order valence-electron chi connectivity index (χ0n) is 12.4. The highest BCUT2D eigenvalue weighted by atomic mass is 16.4. The molecule has 1 rings (SSSR count). The van der Waals surface area contributed by atoms with Crippen LogP contribution >= 0.6 is 0 Å². The summed E-state index contributed by atoms with van der Waals surface area (Å²) in [6, 6.07) is 0. The molecule has 2 atom stereocenters. The van der Waals surface area contributed by atoms with Gasteiger partial charge in [-0.1, -0.05) is 19.8 Å². The highest BCUT2D eigenvalue weighted by Gasteiger charge is 2.16. The van der Waals surface area contributed by atoms with Crippen LogP contribution in [0.3, 0.4) is 0 Å². The van der Waals surface area contributed by atoms with Gasteiger partial charge in [0.25, 0.3) is 0 Å². The molecule has 0 aliphatic carbocycles. The van der Waals surface area contributed by atoms with E-state index in [1.807, 2.05) is 0 Å². The largest absolute Gasteiger partial charge is 0.451 e. The molecule has 1 saturated heterocycles. The summed E-state index contributed by atoms with van der Waals surface area (Å²) in [5.74, 6) is 1.18. The Morgan fingerprint density at radius 1 is 1.11 bits per heavy atom. The molecule has 0 saturated carbocycles. The van der Waals surface area contributed by atoms with Crippen LogP contribution in [0.25, 0.3) is 0 Å². The second kappa shape index (κ2) is 9.75. The summed E-state index contributed by atoms with van der Waals surface area (Å²) in [4.78, 5) is 2.55. The Kier molecular flexibility index (Phi) is 8.70. The molecule has 1 aliphatic heterocycles. The number of hydrogen-bond acceptors (Lipinski definition) is 4. The molecule has 0 bridgehead atoms. The van der Waals surface area contributed by atoms with Gasteiger partial charge in [0.15, 0.2) is 0 Å². The van der Waals surface area contributed by atoms with Gasteiger partial charge in [0, 0.05) is 0 Å². The van der Waals surface area contributed by atoms with Crippen LogP contribution in [0.15, 0.2) is 0 Å². The Morgan fingerprint density at radius 2 is 1.79 bits per heavy atom. The van der Waals surface area contributed by atoms with Crippen LogP contribution in [-0.4, -0.2) is 48.2 Å². The first-order valence-electron chi connectivity index (χ1n) is 7.90. The molecule has 0 amide bonds. The summed E-state index contributed by atoms with van der Waals surface area (Å²) in [6.07, 6.45) is 7.62. The molecule has 0 aromatic heterocycles. The summed E-state index contributed by atoms with van der Waals surface area (Å²) < 4.78 is 0. The van der Waals surface area contributed by atoms with E-state index in [1.165, 1.54) is 45.3 Å². The van der Waals surface area contributed by atoms with E-state index < -0.39 is 7.12 Å². The van der Waals surface area contributed by atoms with Gasteiger partial charge in [-0.3, -0.25) is 0 Å². The molecular formula is C14H31BN2O2. The normalized spacial score (nSPS) is 19.6. The number of nitrogens with two attached hydrogens (primary N) is 1. The Morgan fingerprint density at radius 3 is 2.37 bits per heavy atom. The number of likely N-dealkylation sites (tertiary alicyclic amines) is 1. The first kappa shape index (κ1) is 17.0. The molecule has 1 heterocycles. The van der Waals surface area contributed by atoms with Gasteiger partial charge in [-0.05, 0) is 70.0 Å². The van der Waals surface area contributed by atoms with Crippen molar-refractivity contribution in [3.05, 3.63) is 0 Å². The van der Waals surface area contributed by atoms with Crippen LogP contribution in [0.4, 0.5) is 0 Å². The van der Waals surface area contributed by atoms with Crippen LogP contribution in [-0.2, 0) is 0 Å². The van der Waals surface area contributed by atoms with Crippen molar-refractivity contribution in [3.8, 4) is 0 Å². The van der Waals surface area contributed by atoms with Gasteiger partial charge in [0.1, 0.15) is 0 Å². The molecule has 0 aromatic carbocycles. The van der Waals surface area contributed by atoms with E-state index in [-0.39, 0.29) is 0 Å². The lowest BCUT2D eigenvalue weighted by atomic mass is 9.80. The maximum absolute atomic E-state index is 8.86. The first-order chi connectivity index (χ1) is 9.11. The van der Waals surface area contributed by atoms with Crippen molar-refractivity contribution in [2.45, 2.75) is 51.8 Å². The molecule has 19 heavy (non-hydrogen) atoms. The van der Waals surface area contributed by atoms with E-state index in [4.69, 9.17) is 15.8 Å². The topological polar surface area (TPSA) is 69.7 Å². The third kappa shape index (κ3) is 7.93. The minimum absolute atomic E-state index is 0.488. The second-order valence-corrected chi connectivity index (χ2v) is 6.18. The van der Waals surface area contributed by atoms with Gasteiger partial charge >= 0.3 is 7.12 Å². The van der Waals surface area contributed by atoms with E-state index in [9.17, 15) is 0 Å². The van der Waals surface area contributed by atoms with E-state index in [0.29, 0.717) is 18.2 Å². The maximum atomic E-state index is 8.86. The van der Waals surface area contributed by atoms with Crippen molar-refractivity contribution in [1.29, 1.82) is 0 Å². The van der Waals surface area contributed by atoms with Gasteiger partial charge < -0.3 is 20.7 Å². The second-order valence-electron chi connectivity index (χ2n) is 6.18. The predicted molar refractivity (Wildman–Crippen MR) is 80.8 cm³/mol. The molecule has 4 N–H and O–H groups in total.